The standard InChI is InChI=1S/C18H18BrF3N2O4/c1-10-14(17(25)26)15(12-6-3-4-7-13(12)18(20,21)22)16(24(27)28)11(2)23(10)9-5-8-19/h3-4,6-7,15H,5,8-9H2,1-2H3,(H,25,26)/p-1. The van der Waals surface area contributed by atoms with Crippen LogP contribution in [-0.4, -0.2) is 27.7 Å². The van der Waals surface area contributed by atoms with Crippen molar-refractivity contribution in [2.45, 2.75) is 32.4 Å². The number of carboxylic acid groups (broad SMARTS) is 1. The molecule has 28 heavy (non-hydrogen) atoms. The number of hydrogen-bond donors (Lipinski definition) is 0. The Labute approximate surface area is 167 Å². The summed E-state index contributed by atoms with van der Waals surface area (Å²) in [5.41, 5.74) is -2.51. The van der Waals surface area contributed by atoms with Crippen molar-refractivity contribution >= 4 is 21.9 Å². The van der Waals surface area contributed by atoms with Gasteiger partial charge in [0.1, 0.15) is 5.92 Å². The molecule has 6 nitrogen and oxygen atoms in total. The van der Waals surface area contributed by atoms with Gasteiger partial charge in [-0.15, -0.1) is 0 Å². The van der Waals surface area contributed by atoms with Crippen LogP contribution in [0.25, 0.3) is 0 Å². The van der Waals surface area contributed by atoms with Gasteiger partial charge >= 0.3 is 6.18 Å². The first-order chi connectivity index (χ1) is 13.0. The van der Waals surface area contributed by atoms with Crippen LogP contribution in [-0.2, 0) is 11.0 Å². The second kappa shape index (κ2) is 8.34. The molecule has 1 aliphatic heterocycles. The van der Waals surface area contributed by atoms with Crippen LogP contribution in [0.15, 0.2) is 46.9 Å². The fourth-order valence-corrected chi connectivity index (χ4v) is 3.71. The molecule has 0 spiro atoms. The van der Waals surface area contributed by atoms with Gasteiger partial charge in [0.15, 0.2) is 0 Å². The van der Waals surface area contributed by atoms with Gasteiger partial charge in [-0.2, -0.15) is 13.2 Å². The molecule has 0 radical (unpaired) electrons. The second-order valence-corrected chi connectivity index (χ2v) is 7.02. The van der Waals surface area contributed by atoms with Crippen LogP contribution < -0.4 is 5.11 Å². The van der Waals surface area contributed by atoms with Gasteiger partial charge in [-0.25, -0.2) is 0 Å². The van der Waals surface area contributed by atoms with Gasteiger partial charge in [-0.05, 0) is 31.9 Å². The molecule has 1 aliphatic rings. The number of allylic oxidation sites excluding steroid dienone is 3. The zero-order valence-corrected chi connectivity index (χ0v) is 16.6. The molecule has 1 unspecified atom stereocenters. The molecule has 1 aromatic carbocycles. The Hall–Kier alpha value is -2.36. The molecule has 0 aromatic heterocycles. The average molecular weight is 462 g/mol. The number of carboxylic acids is 1. The van der Waals surface area contributed by atoms with Gasteiger partial charge in [0.05, 0.1) is 22.2 Å². The normalized spacial score (nSPS) is 17.9. The van der Waals surface area contributed by atoms with Crippen molar-refractivity contribution in [2.24, 2.45) is 0 Å². The fraction of sp³-hybridized carbons (Fsp3) is 0.389. The molecule has 0 saturated heterocycles. The Bertz CT molecular complexity index is 827. The van der Waals surface area contributed by atoms with Crippen molar-refractivity contribution in [2.75, 3.05) is 11.9 Å². The van der Waals surface area contributed by atoms with E-state index >= 15 is 0 Å². The summed E-state index contributed by atoms with van der Waals surface area (Å²) >= 11 is 3.24. The molecular formula is C18H17BrF3N2O4-. The van der Waals surface area contributed by atoms with Crippen molar-refractivity contribution in [3.63, 3.8) is 0 Å². The average Bonchev–Trinajstić information content (AvgIpc) is 2.59. The van der Waals surface area contributed by atoms with Gasteiger partial charge in [0.2, 0.25) is 0 Å². The summed E-state index contributed by atoms with van der Waals surface area (Å²) in [4.78, 5) is 24.3. The third-order valence-electron chi connectivity index (χ3n) is 4.64. The molecular weight excluding hydrogens is 445 g/mol. The van der Waals surface area contributed by atoms with Crippen molar-refractivity contribution in [1.82, 2.24) is 4.90 Å². The van der Waals surface area contributed by atoms with Crippen LogP contribution in [0.5, 0.6) is 0 Å². The molecule has 1 atom stereocenters. The fourth-order valence-electron chi connectivity index (χ4n) is 3.46. The summed E-state index contributed by atoms with van der Waals surface area (Å²) in [6.45, 7) is 3.10. The SMILES string of the molecule is CC1=C(C(=O)[O-])C(c2ccccc2C(F)(F)F)C([N+](=O)[O-])=C(C)N1CCCBr. The topological polar surface area (TPSA) is 86.5 Å². The van der Waals surface area contributed by atoms with Gasteiger partial charge in [-0.3, -0.25) is 10.1 Å². The van der Waals surface area contributed by atoms with E-state index in [0.717, 1.165) is 18.2 Å². The monoisotopic (exact) mass is 461 g/mol. The van der Waals surface area contributed by atoms with Crippen molar-refractivity contribution in [3.05, 3.63) is 68.2 Å². The maximum absolute atomic E-state index is 13.5. The van der Waals surface area contributed by atoms with Crippen LogP contribution in [0.1, 0.15) is 37.3 Å². The minimum Gasteiger partial charge on any atom is -0.545 e. The third kappa shape index (κ3) is 4.06. The Morgan fingerprint density at radius 2 is 1.86 bits per heavy atom. The largest absolute Gasteiger partial charge is 0.545 e. The number of rotatable bonds is 6. The van der Waals surface area contributed by atoms with E-state index in [-0.39, 0.29) is 17.9 Å². The number of nitro groups is 1. The lowest BCUT2D eigenvalue weighted by Gasteiger charge is -2.36. The first-order valence-electron chi connectivity index (χ1n) is 8.29. The lowest BCUT2D eigenvalue weighted by atomic mass is 9.81. The van der Waals surface area contributed by atoms with E-state index in [1.54, 1.807) is 0 Å². The molecule has 0 aliphatic carbocycles. The highest BCUT2D eigenvalue weighted by Gasteiger charge is 2.44. The minimum atomic E-state index is -4.80. The highest BCUT2D eigenvalue weighted by atomic mass is 79.9. The molecule has 0 bridgehead atoms. The third-order valence-corrected chi connectivity index (χ3v) is 5.20. The second-order valence-electron chi connectivity index (χ2n) is 6.23. The Kier molecular flexibility index (Phi) is 6.53. The zero-order chi connectivity index (χ0) is 21.2. The van der Waals surface area contributed by atoms with E-state index in [9.17, 15) is 33.2 Å². The van der Waals surface area contributed by atoms with Crippen molar-refractivity contribution in [3.8, 4) is 0 Å². The summed E-state index contributed by atoms with van der Waals surface area (Å²) in [7, 11) is 0. The number of carbonyl (C=O) groups excluding carboxylic acids is 1. The van der Waals surface area contributed by atoms with Crippen LogP contribution in [0.2, 0.25) is 0 Å². The minimum absolute atomic E-state index is 0.107. The maximum atomic E-state index is 13.5. The van der Waals surface area contributed by atoms with E-state index in [1.807, 2.05) is 0 Å². The number of alkyl halides is 4. The van der Waals surface area contributed by atoms with E-state index in [4.69, 9.17) is 0 Å². The molecule has 0 saturated carbocycles. The van der Waals surface area contributed by atoms with Gasteiger partial charge in [-0.1, -0.05) is 34.1 Å². The number of aliphatic carboxylic acids is 1. The van der Waals surface area contributed by atoms with E-state index in [2.05, 4.69) is 15.9 Å². The van der Waals surface area contributed by atoms with Gasteiger partial charge < -0.3 is 14.8 Å². The predicted molar refractivity (Wildman–Crippen MR) is 96.7 cm³/mol. The summed E-state index contributed by atoms with van der Waals surface area (Å²) < 4.78 is 40.5. The van der Waals surface area contributed by atoms with E-state index in [0.29, 0.717) is 11.8 Å². The summed E-state index contributed by atoms with van der Waals surface area (Å²) in [5.74, 6) is -3.44. The van der Waals surface area contributed by atoms with Crippen LogP contribution in [0, 0.1) is 10.1 Å². The molecule has 1 heterocycles. The Morgan fingerprint density at radius 3 is 2.36 bits per heavy atom. The smallest absolute Gasteiger partial charge is 0.416 e. The lowest BCUT2D eigenvalue weighted by molar-refractivity contribution is -0.432. The highest BCUT2D eigenvalue weighted by molar-refractivity contribution is 9.09. The summed E-state index contributed by atoms with van der Waals surface area (Å²) in [5, 5.41) is 24.2. The number of nitrogens with zero attached hydrogens (tertiary/aromatic N) is 2. The molecule has 1 aromatic rings. The Morgan fingerprint density at radius 1 is 1.25 bits per heavy atom. The molecule has 0 N–H and O–H groups in total. The molecule has 2 rings (SSSR count). The summed E-state index contributed by atoms with van der Waals surface area (Å²) in [6.07, 6.45) is -4.26. The van der Waals surface area contributed by atoms with Crippen molar-refractivity contribution in [1.29, 1.82) is 0 Å². The molecule has 0 fully saturated rings. The van der Waals surface area contributed by atoms with Crippen LogP contribution >= 0.6 is 15.9 Å². The first kappa shape index (κ1) is 21.9. The summed E-state index contributed by atoms with van der Waals surface area (Å²) in [6, 6.07) is 4.28. The number of carbonyl (C=O) groups is 1. The lowest BCUT2D eigenvalue weighted by Crippen LogP contribution is -2.39. The zero-order valence-electron chi connectivity index (χ0n) is 15.0. The van der Waals surface area contributed by atoms with Crippen LogP contribution in [0.3, 0.4) is 0 Å². The molecule has 0 amide bonds. The quantitative estimate of drug-likeness (QED) is 0.368. The van der Waals surface area contributed by atoms with Gasteiger partial charge in [0.25, 0.3) is 5.70 Å². The first-order valence-corrected chi connectivity index (χ1v) is 9.41. The predicted octanol–water partition coefficient (Wildman–Crippen LogP) is 3.42. The number of halogens is 4. The highest BCUT2D eigenvalue weighted by Crippen LogP contribution is 2.45. The number of benzene rings is 1. The number of hydrogen-bond acceptors (Lipinski definition) is 5. The molecule has 152 valence electrons. The van der Waals surface area contributed by atoms with Crippen molar-refractivity contribution < 1.29 is 28.0 Å². The van der Waals surface area contributed by atoms with E-state index in [1.165, 1.54) is 24.8 Å². The van der Waals surface area contributed by atoms with Gasteiger partial charge in [0, 0.05) is 23.1 Å². The molecule has 10 heteroatoms. The van der Waals surface area contributed by atoms with E-state index < -0.39 is 45.4 Å². The Balaban J connectivity index is 2.83. The maximum Gasteiger partial charge on any atom is 0.416 e. The van der Waals surface area contributed by atoms with Crippen LogP contribution in [0.4, 0.5) is 13.2 Å².